The van der Waals surface area contributed by atoms with Crippen molar-refractivity contribution in [1.29, 1.82) is 0 Å². The number of hydrogen-bond acceptors (Lipinski definition) is 2. The fraction of sp³-hybridized carbons (Fsp3) is 0.818. The van der Waals surface area contributed by atoms with Crippen molar-refractivity contribution in [3.63, 3.8) is 0 Å². The lowest BCUT2D eigenvalue weighted by Gasteiger charge is -2.27. The lowest BCUT2D eigenvalue weighted by atomic mass is 9.94. The molecule has 0 spiro atoms. The first kappa shape index (κ1) is 13.3. The third-order valence-corrected chi connectivity index (χ3v) is 3.46. The van der Waals surface area contributed by atoms with Gasteiger partial charge in [-0.15, -0.1) is 11.6 Å². The minimum absolute atomic E-state index is 0.0455. The predicted molar refractivity (Wildman–Crippen MR) is 63.3 cm³/mol. The molecule has 1 heterocycles. The van der Waals surface area contributed by atoms with Gasteiger partial charge in [-0.2, -0.15) is 0 Å². The van der Waals surface area contributed by atoms with E-state index < -0.39 is 5.41 Å². The monoisotopic (exact) mass is 246 g/mol. The number of amides is 2. The number of hydrogen-bond donors (Lipinski definition) is 1. The number of carbonyl (C=O) groups excluding carboxylic acids is 2. The van der Waals surface area contributed by atoms with Crippen molar-refractivity contribution in [2.24, 2.45) is 5.41 Å². The van der Waals surface area contributed by atoms with E-state index in [4.69, 9.17) is 11.6 Å². The number of alkyl halides is 1. The van der Waals surface area contributed by atoms with Crippen molar-refractivity contribution >= 4 is 23.4 Å². The molecule has 1 saturated heterocycles. The molecule has 0 saturated carbocycles. The van der Waals surface area contributed by atoms with E-state index in [1.807, 2.05) is 13.8 Å². The van der Waals surface area contributed by atoms with Gasteiger partial charge in [0.1, 0.15) is 0 Å². The summed E-state index contributed by atoms with van der Waals surface area (Å²) in [6.07, 6.45) is 0.823. The van der Waals surface area contributed by atoms with Gasteiger partial charge in [0.05, 0.1) is 5.41 Å². The molecule has 1 atom stereocenters. The van der Waals surface area contributed by atoms with Crippen molar-refractivity contribution in [2.75, 3.05) is 19.0 Å². The van der Waals surface area contributed by atoms with Gasteiger partial charge in [0.15, 0.2) is 0 Å². The van der Waals surface area contributed by atoms with Gasteiger partial charge in [0.2, 0.25) is 11.8 Å². The van der Waals surface area contributed by atoms with E-state index in [-0.39, 0.29) is 17.9 Å². The highest BCUT2D eigenvalue weighted by atomic mass is 35.5. The Morgan fingerprint density at radius 1 is 1.50 bits per heavy atom. The van der Waals surface area contributed by atoms with Gasteiger partial charge in [0, 0.05) is 31.9 Å². The van der Waals surface area contributed by atoms with Gasteiger partial charge in [0.25, 0.3) is 0 Å². The SMILES string of the molecule is CC(=O)NC1CCN(C(=O)C(C)(C)CCl)C1. The predicted octanol–water partition coefficient (Wildman–Crippen LogP) is 0.988. The number of halogens is 1. The van der Waals surface area contributed by atoms with E-state index in [1.54, 1.807) is 4.90 Å². The third kappa shape index (κ3) is 3.11. The van der Waals surface area contributed by atoms with E-state index in [0.29, 0.717) is 19.0 Å². The van der Waals surface area contributed by atoms with Crippen LogP contribution in [0.25, 0.3) is 0 Å². The Labute approximate surface area is 101 Å². The van der Waals surface area contributed by atoms with Crippen molar-refractivity contribution in [1.82, 2.24) is 10.2 Å². The van der Waals surface area contributed by atoms with Crippen LogP contribution in [-0.2, 0) is 9.59 Å². The lowest BCUT2D eigenvalue weighted by Crippen LogP contribution is -2.43. The van der Waals surface area contributed by atoms with Crippen LogP contribution < -0.4 is 5.32 Å². The van der Waals surface area contributed by atoms with Gasteiger partial charge in [-0.3, -0.25) is 9.59 Å². The van der Waals surface area contributed by atoms with E-state index in [9.17, 15) is 9.59 Å². The fourth-order valence-corrected chi connectivity index (χ4v) is 1.95. The Morgan fingerprint density at radius 2 is 2.12 bits per heavy atom. The highest BCUT2D eigenvalue weighted by Gasteiger charge is 2.35. The summed E-state index contributed by atoms with van der Waals surface area (Å²) in [5.41, 5.74) is -0.521. The molecule has 1 aliphatic heterocycles. The zero-order chi connectivity index (χ0) is 12.3. The normalized spacial score (nSPS) is 21.0. The molecule has 0 bridgehead atoms. The summed E-state index contributed by atoms with van der Waals surface area (Å²) in [5.74, 6) is 0.332. The summed E-state index contributed by atoms with van der Waals surface area (Å²) < 4.78 is 0. The topological polar surface area (TPSA) is 49.4 Å². The number of likely N-dealkylation sites (tertiary alicyclic amines) is 1. The Morgan fingerprint density at radius 3 is 2.62 bits per heavy atom. The number of rotatable bonds is 3. The standard InChI is InChI=1S/C11H19ClN2O2/c1-8(15)13-9-4-5-14(6-9)10(16)11(2,3)7-12/h9H,4-7H2,1-3H3,(H,13,15). The average molecular weight is 247 g/mol. The molecule has 16 heavy (non-hydrogen) atoms. The largest absolute Gasteiger partial charge is 0.352 e. The molecule has 0 radical (unpaired) electrons. The summed E-state index contributed by atoms with van der Waals surface area (Å²) in [6, 6.07) is 0.0903. The summed E-state index contributed by atoms with van der Waals surface area (Å²) in [4.78, 5) is 24.7. The molecule has 4 nitrogen and oxygen atoms in total. The van der Waals surface area contributed by atoms with Crippen LogP contribution in [0, 0.1) is 5.41 Å². The number of nitrogens with zero attached hydrogens (tertiary/aromatic N) is 1. The smallest absolute Gasteiger partial charge is 0.229 e. The van der Waals surface area contributed by atoms with Crippen LogP contribution in [0.3, 0.4) is 0 Å². The zero-order valence-corrected chi connectivity index (χ0v) is 10.8. The zero-order valence-electron chi connectivity index (χ0n) is 10.0. The van der Waals surface area contributed by atoms with Gasteiger partial charge in [-0.1, -0.05) is 0 Å². The van der Waals surface area contributed by atoms with Crippen molar-refractivity contribution < 1.29 is 9.59 Å². The first-order chi connectivity index (χ1) is 7.36. The summed E-state index contributed by atoms with van der Waals surface area (Å²) in [6.45, 7) is 6.47. The van der Waals surface area contributed by atoms with Crippen molar-refractivity contribution in [2.45, 2.75) is 33.2 Å². The van der Waals surface area contributed by atoms with Crippen LogP contribution in [-0.4, -0.2) is 41.7 Å². The van der Waals surface area contributed by atoms with Gasteiger partial charge < -0.3 is 10.2 Å². The van der Waals surface area contributed by atoms with Crippen LogP contribution >= 0.6 is 11.6 Å². The van der Waals surface area contributed by atoms with E-state index in [2.05, 4.69) is 5.32 Å². The quantitative estimate of drug-likeness (QED) is 0.755. The number of carbonyl (C=O) groups is 2. The molecule has 5 heteroatoms. The molecular formula is C11H19ClN2O2. The lowest BCUT2D eigenvalue weighted by molar-refractivity contribution is -0.138. The Kier molecular flexibility index (Phi) is 4.19. The number of nitrogens with one attached hydrogen (secondary N) is 1. The maximum absolute atomic E-state index is 12.1. The first-order valence-corrected chi connectivity index (χ1v) is 6.02. The molecule has 0 aliphatic carbocycles. The fourth-order valence-electron chi connectivity index (χ4n) is 1.84. The van der Waals surface area contributed by atoms with E-state index in [0.717, 1.165) is 6.42 Å². The maximum atomic E-state index is 12.1. The van der Waals surface area contributed by atoms with Gasteiger partial charge in [-0.25, -0.2) is 0 Å². The molecule has 0 aromatic rings. The summed E-state index contributed by atoms with van der Waals surface area (Å²) in [7, 11) is 0. The molecule has 92 valence electrons. The average Bonchev–Trinajstić information content (AvgIpc) is 2.64. The molecule has 1 unspecified atom stereocenters. The van der Waals surface area contributed by atoms with Gasteiger partial charge >= 0.3 is 0 Å². The third-order valence-electron chi connectivity index (χ3n) is 2.80. The first-order valence-electron chi connectivity index (χ1n) is 5.49. The molecule has 2 amide bonds. The minimum Gasteiger partial charge on any atom is -0.352 e. The highest BCUT2D eigenvalue weighted by molar-refractivity contribution is 6.19. The Hall–Kier alpha value is -0.770. The van der Waals surface area contributed by atoms with Crippen LogP contribution in [0.1, 0.15) is 27.2 Å². The second kappa shape index (κ2) is 5.04. The Balaban J connectivity index is 2.53. The van der Waals surface area contributed by atoms with E-state index in [1.165, 1.54) is 6.92 Å². The van der Waals surface area contributed by atoms with Crippen LogP contribution in [0.5, 0.6) is 0 Å². The molecule has 1 rings (SSSR count). The summed E-state index contributed by atoms with van der Waals surface area (Å²) >= 11 is 5.77. The molecule has 0 aromatic carbocycles. The van der Waals surface area contributed by atoms with Gasteiger partial charge in [-0.05, 0) is 20.3 Å². The van der Waals surface area contributed by atoms with Crippen molar-refractivity contribution in [3.05, 3.63) is 0 Å². The van der Waals surface area contributed by atoms with Crippen LogP contribution in [0.2, 0.25) is 0 Å². The molecule has 1 aliphatic rings. The van der Waals surface area contributed by atoms with Crippen LogP contribution in [0.15, 0.2) is 0 Å². The Bertz CT molecular complexity index is 292. The summed E-state index contributed by atoms with van der Waals surface area (Å²) in [5, 5.41) is 2.83. The molecule has 1 N–H and O–H groups in total. The van der Waals surface area contributed by atoms with E-state index >= 15 is 0 Å². The maximum Gasteiger partial charge on any atom is 0.229 e. The molecular weight excluding hydrogens is 228 g/mol. The highest BCUT2D eigenvalue weighted by Crippen LogP contribution is 2.23. The minimum atomic E-state index is -0.521. The molecule has 0 aromatic heterocycles. The molecule has 1 fully saturated rings. The van der Waals surface area contributed by atoms with Crippen LogP contribution in [0.4, 0.5) is 0 Å². The second-order valence-corrected chi connectivity index (χ2v) is 5.22. The van der Waals surface area contributed by atoms with Crippen molar-refractivity contribution in [3.8, 4) is 0 Å². The second-order valence-electron chi connectivity index (χ2n) is 4.95.